The highest BCUT2D eigenvalue weighted by Gasteiger charge is 2.26. The van der Waals surface area contributed by atoms with Crippen molar-refractivity contribution in [1.82, 2.24) is 9.80 Å². The Hall–Kier alpha value is -1.85. The Labute approximate surface area is 147 Å². The monoisotopic (exact) mass is 344 g/mol. The first-order chi connectivity index (χ1) is 11.6. The highest BCUT2D eigenvalue weighted by molar-refractivity contribution is 7.17. The molecule has 1 aliphatic heterocycles. The lowest BCUT2D eigenvalue weighted by Crippen LogP contribution is -2.32. The van der Waals surface area contributed by atoms with Gasteiger partial charge in [-0.2, -0.15) is 0 Å². The van der Waals surface area contributed by atoms with Gasteiger partial charge >= 0.3 is 0 Å². The highest BCUT2D eigenvalue weighted by atomic mass is 32.1. The zero-order valence-corrected chi connectivity index (χ0v) is 15.3. The van der Waals surface area contributed by atoms with Gasteiger partial charge in [-0.15, -0.1) is 11.3 Å². The maximum absolute atomic E-state index is 12.9. The van der Waals surface area contributed by atoms with Gasteiger partial charge in [0.25, 0.3) is 5.91 Å². The summed E-state index contributed by atoms with van der Waals surface area (Å²) in [6.07, 6.45) is 1.16. The van der Waals surface area contributed by atoms with Gasteiger partial charge in [-0.25, -0.2) is 0 Å². The van der Waals surface area contributed by atoms with Gasteiger partial charge in [-0.05, 0) is 37.6 Å². The molecule has 1 fully saturated rings. The smallest absolute Gasteiger partial charge is 0.267 e. The van der Waals surface area contributed by atoms with Gasteiger partial charge in [0, 0.05) is 25.0 Å². The predicted molar refractivity (Wildman–Crippen MR) is 98.9 cm³/mol. The van der Waals surface area contributed by atoms with Crippen LogP contribution in [0.2, 0.25) is 0 Å². The quantitative estimate of drug-likeness (QED) is 0.833. The fourth-order valence-electron chi connectivity index (χ4n) is 3.24. The summed E-state index contributed by atoms with van der Waals surface area (Å²) in [5, 5.41) is 0. The number of likely N-dealkylation sites (tertiary alicyclic amines) is 1. The Morgan fingerprint density at radius 2 is 2.12 bits per heavy atom. The molecule has 0 aliphatic carbocycles. The van der Waals surface area contributed by atoms with Gasteiger partial charge in [0.05, 0.1) is 7.11 Å². The predicted octanol–water partition coefficient (Wildman–Crippen LogP) is 3.45. The SMILES string of the molecule is COc1cc(-c2ccccc2)sc1C(=O)N(C)CC1CCN(C)C1. The number of ether oxygens (including phenoxy) is 1. The van der Waals surface area contributed by atoms with Gasteiger partial charge in [-0.3, -0.25) is 4.79 Å². The number of carbonyl (C=O) groups excluding carboxylic acids is 1. The van der Waals surface area contributed by atoms with E-state index in [2.05, 4.69) is 24.1 Å². The molecule has 0 saturated carbocycles. The Balaban J connectivity index is 1.77. The van der Waals surface area contributed by atoms with Crippen LogP contribution in [0.15, 0.2) is 36.4 Å². The second-order valence-corrected chi connectivity index (χ2v) is 7.53. The van der Waals surface area contributed by atoms with E-state index in [1.165, 1.54) is 11.3 Å². The molecule has 2 aromatic rings. The maximum atomic E-state index is 12.9. The Morgan fingerprint density at radius 3 is 2.75 bits per heavy atom. The number of thiophene rings is 1. The topological polar surface area (TPSA) is 32.8 Å². The molecule has 0 spiro atoms. The van der Waals surface area contributed by atoms with Crippen molar-refractivity contribution in [2.45, 2.75) is 6.42 Å². The van der Waals surface area contributed by atoms with E-state index in [1.54, 1.807) is 7.11 Å². The van der Waals surface area contributed by atoms with Crippen molar-refractivity contribution >= 4 is 17.2 Å². The number of rotatable bonds is 5. The standard InChI is InChI=1S/C19H24N2O2S/c1-20-10-9-14(12-20)13-21(2)19(22)18-16(23-3)11-17(24-18)15-7-5-4-6-8-15/h4-8,11,14H,9-10,12-13H2,1-3H3. The van der Waals surface area contributed by atoms with Crippen molar-refractivity contribution in [3.8, 4) is 16.2 Å². The molecule has 1 unspecified atom stereocenters. The average molecular weight is 344 g/mol. The average Bonchev–Trinajstić information content (AvgIpc) is 3.21. The lowest BCUT2D eigenvalue weighted by atomic mass is 10.1. The molecule has 1 aromatic heterocycles. The Bertz CT molecular complexity index is 699. The molecule has 1 aliphatic rings. The Morgan fingerprint density at radius 1 is 1.38 bits per heavy atom. The van der Waals surface area contributed by atoms with Crippen LogP contribution in [0.1, 0.15) is 16.1 Å². The molecule has 3 rings (SSSR count). The zero-order valence-electron chi connectivity index (χ0n) is 14.5. The largest absolute Gasteiger partial charge is 0.495 e. The van der Waals surface area contributed by atoms with E-state index in [4.69, 9.17) is 4.74 Å². The third-order valence-corrected chi connectivity index (χ3v) is 5.69. The van der Waals surface area contributed by atoms with E-state index in [9.17, 15) is 4.79 Å². The van der Waals surface area contributed by atoms with Crippen molar-refractivity contribution in [2.75, 3.05) is 40.8 Å². The van der Waals surface area contributed by atoms with Crippen LogP contribution < -0.4 is 4.74 Å². The molecule has 1 saturated heterocycles. The molecule has 2 heterocycles. The fraction of sp³-hybridized carbons (Fsp3) is 0.421. The minimum absolute atomic E-state index is 0.0496. The molecule has 1 atom stereocenters. The highest BCUT2D eigenvalue weighted by Crippen LogP contribution is 2.37. The van der Waals surface area contributed by atoms with Gasteiger partial charge in [0.15, 0.2) is 0 Å². The summed E-state index contributed by atoms with van der Waals surface area (Å²) in [6, 6.07) is 12.1. The fourth-order valence-corrected chi connectivity index (χ4v) is 4.36. The van der Waals surface area contributed by atoms with Crippen molar-refractivity contribution in [3.05, 3.63) is 41.3 Å². The Kier molecular flexibility index (Phi) is 5.21. The second kappa shape index (κ2) is 7.36. The van der Waals surface area contributed by atoms with Crippen LogP contribution in [0, 0.1) is 5.92 Å². The molecule has 0 bridgehead atoms. The number of hydrogen-bond donors (Lipinski definition) is 0. The van der Waals surface area contributed by atoms with Crippen LogP contribution in [0.5, 0.6) is 5.75 Å². The first-order valence-electron chi connectivity index (χ1n) is 8.25. The number of hydrogen-bond acceptors (Lipinski definition) is 4. The molecular formula is C19H24N2O2S. The van der Waals surface area contributed by atoms with Crippen molar-refractivity contribution in [2.24, 2.45) is 5.92 Å². The molecule has 1 amide bonds. The van der Waals surface area contributed by atoms with Gasteiger partial charge in [0.2, 0.25) is 0 Å². The second-order valence-electron chi connectivity index (χ2n) is 6.48. The molecular weight excluding hydrogens is 320 g/mol. The summed E-state index contributed by atoms with van der Waals surface area (Å²) >= 11 is 1.51. The zero-order chi connectivity index (χ0) is 17.1. The van der Waals surface area contributed by atoms with E-state index in [0.29, 0.717) is 16.5 Å². The minimum Gasteiger partial charge on any atom is -0.495 e. The third-order valence-electron chi connectivity index (χ3n) is 4.54. The van der Waals surface area contributed by atoms with Crippen LogP contribution in [0.3, 0.4) is 0 Å². The summed E-state index contributed by atoms with van der Waals surface area (Å²) in [4.78, 5) is 18.8. The minimum atomic E-state index is 0.0496. The van der Waals surface area contributed by atoms with Crippen LogP contribution in [-0.2, 0) is 0 Å². The normalized spacial score (nSPS) is 17.9. The maximum Gasteiger partial charge on any atom is 0.267 e. The lowest BCUT2D eigenvalue weighted by Gasteiger charge is -2.21. The molecule has 128 valence electrons. The first kappa shape index (κ1) is 17.0. The molecule has 4 nitrogen and oxygen atoms in total. The van der Waals surface area contributed by atoms with Crippen molar-refractivity contribution in [1.29, 1.82) is 0 Å². The van der Waals surface area contributed by atoms with Gasteiger partial charge in [0.1, 0.15) is 10.6 Å². The van der Waals surface area contributed by atoms with E-state index in [-0.39, 0.29) is 5.91 Å². The van der Waals surface area contributed by atoms with Crippen LogP contribution in [-0.4, -0.2) is 56.5 Å². The van der Waals surface area contributed by atoms with Gasteiger partial charge in [-0.1, -0.05) is 30.3 Å². The summed E-state index contributed by atoms with van der Waals surface area (Å²) in [5.41, 5.74) is 1.11. The van der Waals surface area contributed by atoms with E-state index in [0.717, 1.165) is 36.5 Å². The third kappa shape index (κ3) is 3.62. The summed E-state index contributed by atoms with van der Waals surface area (Å²) in [5.74, 6) is 1.27. The van der Waals surface area contributed by atoms with Crippen LogP contribution in [0.4, 0.5) is 0 Å². The summed E-state index contributed by atoms with van der Waals surface area (Å²) in [7, 11) is 5.65. The molecule has 1 aromatic carbocycles. The molecule has 5 heteroatoms. The number of benzene rings is 1. The lowest BCUT2D eigenvalue weighted by molar-refractivity contribution is 0.0776. The van der Waals surface area contributed by atoms with E-state index in [1.807, 2.05) is 36.2 Å². The number of nitrogens with zero attached hydrogens (tertiary/aromatic N) is 2. The van der Waals surface area contributed by atoms with E-state index >= 15 is 0 Å². The molecule has 24 heavy (non-hydrogen) atoms. The van der Waals surface area contributed by atoms with Gasteiger partial charge < -0.3 is 14.5 Å². The number of amides is 1. The number of carbonyl (C=O) groups is 1. The van der Waals surface area contributed by atoms with Crippen molar-refractivity contribution in [3.63, 3.8) is 0 Å². The van der Waals surface area contributed by atoms with Crippen LogP contribution in [0.25, 0.3) is 10.4 Å². The summed E-state index contributed by atoms with van der Waals surface area (Å²) < 4.78 is 5.46. The van der Waals surface area contributed by atoms with Crippen LogP contribution >= 0.6 is 11.3 Å². The molecule has 0 radical (unpaired) electrons. The van der Waals surface area contributed by atoms with E-state index < -0.39 is 0 Å². The first-order valence-corrected chi connectivity index (χ1v) is 9.07. The number of methoxy groups -OCH3 is 1. The summed E-state index contributed by atoms with van der Waals surface area (Å²) in [6.45, 7) is 2.98. The van der Waals surface area contributed by atoms with Crippen molar-refractivity contribution < 1.29 is 9.53 Å². The molecule has 0 N–H and O–H groups in total.